The highest BCUT2D eigenvalue weighted by molar-refractivity contribution is 7.89. The minimum atomic E-state index is -3.62. The highest BCUT2D eigenvalue weighted by Gasteiger charge is 2.27. The van der Waals surface area contributed by atoms with E-state index in [1.807, 2.05) is 5.38 Å². The van der Waals surface area contributed by atoms with Crippen molar-refractivity contribution in [1.29, 1.82) is 0 Å². The Bertz CT molecular complexity index is 1060. The molecule has 1 fully saturated rings. The summed E-state index contributed by atoms with van der Waals surface area (Å²) < 4.78 is 40.3. The molecule has 1 aliphatic rings. The van der Waals surface area contributed by atoms with Gasteiger partial charge in [0.2, 0.25) is 10.0 Å². The van der Waals surface area contributed by atoms with Crippen LogP contribution >= 0.6 is 11.3 Å². The van der Waals surface area contributed by atoms with Crippen LogP contribution in [0.4, 0.5) is 4.39 Å². The summed E-state index contributed by atoms with van der Waals surface area (Å²) in [5.41, 5.74) is 0.923. The first-order valence-corrected chi connectivity index (χ1v) is 11.5. The molecule has 0 N–H and O–H groups in total. The molecule has 29 heavy (non-hydrogen) atoms. The van der Waals surface area contributed by atoms with E-state index in [-0.39, 0.29) is 4.90 Å². The standard InChI is InChI=1S/C19H20FN5O2S2/c20-15-3-5-17(6-4-15)29(26,27)25-10-2-9-24(11-12-25)13-16-14-28-19(23-16)18-21-7-1-8-22-18/h1,3-8,14H,2,9-13H2. The number of hydrogen-bond donors (Lipinski definition) is 0. The predicted octanol–water partition coefficient (Wildman–Crippen LogP) is 2.64. The first-order valence-electron chi connectivity index (χ1n) is 9.22. The fraction of sp³-hybridized carbons (Fsp3) is 0.316. The van der Waals surface area contributed by atoms with Crippen LogP contribution in [0.15, 0.2) is 53.0 Å². The van der Waals surface area contributed by atoms with E-state index in [2.05, 4.69) is 19.9 Å². The molecule has 10 heteroatoms. The Morgan fingerprint density at radius 1 is 1.03 bits per heavy atom. The Kier molecular flexibility index (Phi) is 5.95. The Morgan fingerprint density at radius 2 is 1.79 bits per heavy atom. The third-order valence-corrected chi connectivity index (χ3v) is 7.49. The summed E-state index contributed by atoms with van der Waals surface area (Å²) in [5.74, 6) is 0.158. The van der Waals surface area contributed by atoms with Crippen molar-refractivity contribution in [2.24, 2.45) is 0 Å². The monoisotopic (exact) mass is 433 g/mol. The van der Waals surface area contributed by atoms with Gasteiger partial charge in [0.25, 0.3) is 0 Å². The number of benzene rings is 1. The Hall–Kier alpha value is -2.27. The molecule has 1 aromatic carbocycles. The van der Waals surface area contributed by atoms with Crippen LogP contribution in [0.1, 0.15) is 12.1 Å². The summed E-state index contributed by atoms with van der Waals surface area (Å²) in [6.45, 7) is 2.86. The molecule has 0 bridgehead atoms. The quantitative estimate of drug-likeness (QED) is 0.616. The molecule has 2 aromatic heterocycles. The van der Waals surface area contributed by atoms with Crippen LogP contribution in [0.5, 0.6) is 0 Å². The number of nitrogens with zero attached hydrogens (tertiary/aromatic N) is 5. The van der Waals surface area contributed by atoms with Crippen molar-refractivity contribution in [2.45, 2.75) is 17.9 Å². The summed E-state index contributed by atoms with van der Waals surface area (Å²) in [6, 6.07) is 6.74. The number of sulfonamides is 1. The van der Waals surface area contributed by atoms with Crippen molar-refractivity contribution in [1.82, 2.24) is 24.2 Å². The molecule has 0 atom stereocenters. The Balaban J connectivity index is 1.40. The number of thiazole rings is 1. The van der Waals surface area contributed by atoms with Gasteiger partial charge in [-0.25, -0.2) is 27.8 Å². The number of rotatable bonds is 5. The van der Waals surface area contributed by atoms with Gasteiger partial charge in [-0.2, -0.15) is 4.31 Å². The van der Waals surface area contributed by atoms with E-state index in [1.165, 1.54) is 39.9 Å². The Labute approximate surface area is 172 Å². The molecule has 3 heterocycles. The molecule has 4 rings (SSSR count). The van der Waals surface area contributed by atoms with Gasteiger partial charge in [-0.1, -0.05) is 0 Å². The fourth-order valence-electron chi connectivity index (χ4n) is 3.22. The lowest BCUT2D eigenvalue weighted by atomic mass is 10.3. The molecule has 0 unspecified atom stereocenters. The van der Waals surface area contributed by atoms with Crippen LogP contribution in [-0.2, 0) is 16.6 Å². The summed E-state index contributed by atoms with van der Waals surface area (Å²) in [6.07, 6.45) is 4.10. The highest BCUT2D eigenvalue weighted by atomic mass is 32.2. The summed E-state index contributed by atoms with van der Waals surface area (Å²) >= 11 is 1.50. The van der Waals surface area contributed by atoms with Gasteiger partial charge in [0.15, 0.2) is 10.8 Å². The van der Waals surface area contributed by atoms with Crippen molar-refractivity contribution in [3.63, 3.8) is 0 Å². The van der Waals surface area contributed by atoms with E-state index in [9.17, 15) is 12.8 Å². The van der Waals surface area contributed by atoms with Gasteiger partial charge >= 0.3 is 0 Å². The lowest BCUT2D eigenvalue weighted by Gasteiger charge is -2.21. The average molecular weight is 434 g/mol. The zero-order valence-corrected chi connectivity index (χ0v) is 17.2. The van der Waals surface area contributed by atoms with E-state index < -0.39 is 15.8 Å². The molecule has 0 saturated carbocycles. The maximum Gasteiger partial charge on any atom is 0.243 e. The largest absolute Gasteiger partial charge is 0.296 e. The first-order chi connectivity index (χ1) is 14.0. The van der Waals surface area contributed by atoms with Crippen LogP contribution in [0.3, 0.4) is 0 Å². The second-order valence-electron chi connectivity index (χ2n) is 6.70. The van der Waals surface area contributed by atoms with Crippen molar-refractivity contribution < 1.29 is 12.8 Å². The normalized spacial score (nSPS) is 16.6. The van der Waals surface area contributed by atoms with Gasteiger partial charge in [0, 0.05) is 44.0 Å². The van der Waals surface area contributed by atoms with Crippen molar-refractivity contribution in [3.8, 4) is 10.8 Å². The second kappa shape index (κ2) is 8.62. The van der Waals surface area contributed by atoms with Crippen molar-refractivity contribution in [2.75, 3.05) is 26.2 Å². The minimum absolute atomic E-state index is 0.124. The van der Waals surface area contributed by atoms with Gasteiger partial charge in [-0.05, 0) is 43.3 Å². The van der Waals surface area contributed by atoms with Gasteiger partial charge in [-0.3, -0.25) is 4.90 Å². The topological polar surface area (TPSA) is 79.3 Å². The number of aromatic nitrogens is 3. The molecule has 3 aromatic rings. The second-order valence-corrected chi connectivity index (χ2v) is 9.50. The third-order valence-electron chi connectivity index (χ3n) is 4.69. The molecular formula is C19H20FN5O2S2. The van der Waals surface area contributed by atoms with E-state index in [1.54, 1.807) is 18.5 Å². The summed E-state index contributed by atoms with van der Waals surface area (Å²) in [5, 5.41) is 2.76. The maximum absolute atomic E-state index is 13.1. The van der Waals surface area contributed by atoms with E-state index in [0.717, 1.165) is 23.7 Å². The molecule has 0 aliphatic carbocycles. The van der Waals surface area contributed by atoms with E-state index >= 15 is 0 Å². The zero-order chi connectivity index (χ0) is 20.3. The minimum Gasteiger partial charge on any atom is -0.296 e. The SMILES string of the molecule is O=S(=O)(c1ccc(F)cc1)N1CCCN(Cc2csc(-c3ncccn3)n2)CC1. The summed E-state index contributed by atoms with van der Waals surface area (Å²) in [4.78, 5) is 15.4. The molecule has 0 amide bonds. The smallest absolute Gasteiger partial charge is 0.243 e. The number of halogens is 1. The van der Waals surface area contributed by atoms with Crippen LogP contribution in [0, 0.1) is 5.82 Å². The van der Waals surface area contributed by atoms with Crippen molar-refractivity contribution in [3.05, 3.63) is 59.6 Å². The van der Waals surface area contributed by atoms with Gasteiger partial charge in [0.05, 0.1) is 10.6 Å². The lowest BCUT2D eigenvalue weighted by molar-refractivity contribution is 0.276. The van der Waals surface area contributed by atoms with Crippen molar-refractivity contribution >= 4 is 21.4 Å². The third kappa shape index (κ3) is 4.67. The predicted molar refractivity (Wildman–Crippen MR) is 108 cm³/mol. The highest BCUT2D eigenvalue weighted by Crippen LogP contribution is 2.22. The van der Waals surface area contributed by atoms with Crippen LogP contribution in [0.2, 0.25) is 0 Å². The average Bonchev–Trinajstić information content (AvgIpc) is 3.06. The molecule has 7 nitrogen and oxygen atoms in total. The van der Waals surface area contributed by atoms with E-state index in [0.29, 0.717) is 32.0 Å². The molecule has 152 valence electrons. The lowest BCUT2D eigenvalue weighted by Crippen LogP contribution is -2.35. The fourth-order valence-corrected chi connectivity index (χ4v) is 5.45. The maximum atomic E-state index is 13.1. The van der Waals surface area contributed by atoms with Gasteiger partial charge < -0.3 is 0 Å². The molecule has 0 radical (unpaired) electrons. The van der Waals surface area contributed by atoms with Crippen LogP contribution < -0.4 is 0 Å². The van der Waals surface area contributed by atoms with Crippen LogP contribution in [0.25, 0.3) is 10.8 Å². The van der Waals surface area contributed by atoms with Crippen LogP contribution in [-0.4, -0.2) is 58.8 Å². The van der Waals surface area contributed by atoms with Gasteiger partial charge in [0.1, 0.15) is 5.82 Å². The molecule has 1 aliphatic heterocycles. The number of hydrogen-bond acceptors (Lipinski definition) is 7. The van der Waals surface area contributed by atoms with E-state index in [4.69, 9.17) is 0 Å². The van der Waals surface area contributed by atoms with Gasteiger partial charge in [-0.15, -0.1) is 11.3 Å². The first kappa shape index (κ1) is 20.0. The zero-order valence-electron chi connectivity index (χ0n) is 15.6. The Morgan fingerprint density at radius 3 is 2.55 bits per heavy atom. The molecule has 1 saturated heterocycles. The molecule has 0 spiro atoms. The summed E-state index contributed by atoms with van der Waals surface area (Å²) in [7, 11) is -3.62. The molecular weight excluding hydrogens is 413 g/mol.